The number of rotatable bonds is 6. The second-order valence-electron chi connectivity index (χ2n) is 6.94. The molecule has 2 atom stereocenters. The summed E-state index contributed by atoms with van der Waals surface area (Å²) >= 11 is 3.43. The van der Waals surface area contributed by atoms with E-state index < -0.39 is 5.54 Å². The maximum atomic E-state index is 12.8. The number of carbonyl (C=O) groups is 1. The van der Waals surface area contributed by atoms with Crippen LogP contribution in [-0.2, 0) is 16.0 Å². The van der Waals surface area contributed by atoms with Crippen LogP contribution < -0.4 is 5.73 Å². The molecule has 1 aliphatic rings. The summed E-state index contributed by atoms with van der Waals surface area (Å²) in [5.41, 5.74) is 6.49. The summed E-state index contributed by atoms with van der Waals surface area (Å²) in [5.74, 6) is 0.00978. The minimum Gasteiger partial charge on any atom is -0.378 e. The first-order valence-corrected chi connectivity index (χ1v) is 8.92. The molecule has 0 bridgehead atoms. The van der Waals surface area contributed by atoms with E-state index in [2.05, 4.69) is 28.1 Å². The molecule has 1 aromatic carbocycles. The number of benzene rings is 1. The van der Waals surface area contributed by atoms with Crippen molar-refractivity contribution in [3.05, 3.63) is 34.3 Å². The molecule has 0 radical (unpaired) electrons. The first kappa shape index (κ1) is 21.4. The largest absolute Gasteiger partial charge is 0.378 e. The zero-order chi connectivity index (χ0) is 17.3. The number of hydrogen-bond donors (Lipinski definition) is 1. The van der Waals surface area contributed by atoms with Gasteiger partial charge in [-0.15, -0.1) is 12.4 Å². The van der Waals surface area contributed by atoms with E-state index in [0.717, 1.165) is 10.9 Å². The summed E-state index contributed by atoms with van der Waals surface area (Å²) in [4.78, 5) is 14.6. The van der Waals surface area contributed by atoms with Gasteiger partial charge in [-0.2, -0.15) is 0 Å². The van der Waals surface area contributed by atoms with Gasteiger partial charge in [0.1, 0.15) is 5.54 Å². The van der Waals surface area contributed by atoms with Crippen LogP contribution in [0.4, 0.5) is 0 Å². The van der Waals surface area contributed by atoms with Crippen LogP contribution in [0.5, 0.6) is 0 Å². The van der Waals surface area contributed by atoms with Gasteiger partial charge in [0.25, 0.3) is 0 Å². The minimum absolute atomic E-state index is 0. The number of likely N-dealkylation sites (N-methyl/N-ethyl adjacent to an activating group) is 1. The van der Waals surface area contributed by atoms with E-state index in [1.807, 2.05) is 40.0 Å². The number of ether oxygens (including phenoxy) is 1. The summed E-state index contributed by atoms with van der Waals surface area (Å²) in [6, 6.07) is 8.17. The number of hydrogen-bond acceptors (Lipinski definition) is 3. The van der Waals surface area contributed by atoms with Crippen LogP contribution in [0.15, 0.2) is 28.7 Å². The molecule has 2 unspecified atom stereocenters. The van der Waals surface area contributed by atoms with Gasteiger partial charge in [-0.3, -0.25) is 4.79 Å². The van der Waals surface area contributed by atoms with Crippen LogP contribution in [0, 0.1) is 5.41 Å². The predicted octanol–water partition coefficient (Wildman–Crippen LogP) is 3.40. The molecule has 1 aliphatic carbocycles. The number of carbonyl (C=O) groups excluding carboxylic acids is 1. The molecular formula is C18H28BrClN2O2. The second kappa shape index (κ2) is 8.17. The van der Waals surface area contributed by atoms with Crippen molar-refractivity contribution in [2.75, 3.05) is 20.2 Å². The molecule has 6 heteroatoms. The normalized spacial score (nSPS) is 24.7. The third-order valence-corrected chi connectivity index (χ3v) is 5.74. The molecule has 1 aromatic rings. The first-order valence-electron chi connectivity index (χ1n) is 8.13. The van der Waals surface area contributed by atoms with Gasteiger partial charge in [-0.25, -0.2) is 0 Å². The van der Waals surface area contributed by atoms with Crippen LogP contribution >= 0.6 is 28.3 Å². The van der Waals surface area contributed by atoms with E-state index in [1.54, 1.807) is 4.90 Å². The number of nitrogens with zero attached hydrogens (tertiary/aromatic N) is 1. The number of nitrogens with two attached hydrogens (primary N) is 1. The van der Waals surface area contributed by atoms with E-state index in [0.29, 0.717) is 19.6 Å². The van der Waals surface area contributed by atoms with Crippen LogP contribution in [0.2, 0.25) is 0 Å². The monoisotopic (exact) mass is 418 g/mol. The Labute approximate surface area is 159 Å². The van der Waals surface area contributed by atoms with Crippen molar-refractivity contribution in [1.29, 1.82) is 0 Å². The Morgan fingerprint density at radius 3 is 2.46 bits per heavy atom. The summed E-state index contributed by atoms with van der Waals surface area (Å²) in [6.45, 7) is 7.33. The Bertz CT molecular complexity index is 565. The lowest BCUT2D eigenvalue weighted by Gasteiger charge is -2.58. The highest BCUT2D eigenvalue weighted by atomic mass is 79.9. The van der Waals surface area contributed by atoms with Crippen molar-refractivity contribution < 1.29 is 9.53 Å². The smallest absolute Gasteiger partial charge is 0.243 e. The number of amides is 1. The third-order valence-electron chi connectivity index (χ3n) is 5.21. The highest BCUT2D eigenvalue weighted by Gasteiger charge is 2.63. The van der Waals surface area contributed by atoms with Gasteiger partial charge in [-0.1, -0.05) is 41.9 Å². The lowest BCUT2D eigenvalue weighted by molar-refractivity contribution is -0.178. The summed E-state index contributed by atoms with van der Waals surface area (Å²) in [6.07, 6.45) is 1.47. The molecule has 0 saturated heterocycles. The Morgan fingerprint density at radius 1 is 1.38 bits per heavy atom. The molecule has 2 rings (SSSR count). The van der Waals surface area contributed by atoms with Gasteiger partial charge < -0.3 is 15.4 Å². The summed E-state index contributed by atoms with van der Waals surface area (Å²) in [7, 11) is 1.83. The SMILES string of the molecule is CCOC1CC(N)(C(=O)N(C)CCc2ccc(Br)cc2)C1(C)C.Cl. The van der Waals surface area contributed by atoms with E-state index in [1.165, 1.54) is 5.56 Å². The fraction of sp³-hybridized carbons (Fsp3) is 0.611. The minimum atomic E-state index is -0.832. The van der Waals surface area contributed by atoms with Crippen molar-refractivity contribution in [3.63, 3.8) is 0 Å². The highest BCUT2D eigenvalue weighted by molar-refractivity contribution is 9.10. The molecule has 1 saturated carbocycles. The molecule has 1 amide bonds. The van der Waals surface area contributed by atoms with Crippen molar-refractivity contribution >= 4 is 34.2 Å². The lowest BCUT2D eigenvalue weighted by atomic mass is 9.54. The zero-order valence-electron chi connectivity index (χ0n) is 14.8. The fourth-order valence-electron chi connectivity index (χ4n) is 3.19. The maximum Gasteiger partial charge on any atom is 0.243 e. The average Bonchev–Trinajstić information content (AvgIpc) is 2.52. The molecule has 0 aromatic heterocycles. The molecule has 2 N–H and O–H groups in total. The lowest BCUT2D eigenvalue weighted by Crippen LogP contribution is -2.75. The Morgan fingerprint density at radius 2 is 1.96 bits per heavy atom. The van der Waals surface area contributed by atoms with E-state index in [4.69, 9.17) is 10.5 Å². The van der Waals surface area contributed by atoms with Crippen molar-refractivity contribution in [3.8, 4) is 0 Å². The number of halogens is 2. The molecule has 0 aliphatic heterocycles. The third kappa shape index (κ3) is 3.96. The molecule has 4 nitrogen and oxygen atoms in total. The van der Waals surface area contributed by atoms with Gasteiger partial charge >= 0.3 is 0 Å². The standard InChI is InChI=1S/C18H27BrN2O2.ClH/c1-5-23-15-12-18(20,17(15,2)3)16(22)21(4)11-10-13-6-8-14(19)9-7-13;/h6-9,15H,5,10-12,20H2,1-4H3;1H. The van der Waals surface area contributed by atoms with E-state index in [9.17, 15) is 4.79 Å². The van der Waals surface area contributed by atoms with Gasteiger partial charge in [0.05, 0.1) is 6.10 Å². The van der Waals surface area contributed by atoms with Crippen LogP contribution in [-0.4, -0.2) is 42.6 Å². The molecule has 24 heavy (non-hydrogen) atoms. The van der Waals surface area contributed by atoms with Crippen molar-refractivity contribution in [2.45, 2.75) is 45.3 Å². The Balaban J connectivity index is 0.00000288. The van der Waals surface area contributed by atoms with Crippen LogP contribution in [0.1, 0.15) is 32.8 Å². The average molecular weight is 420 g/mol. The first-order chi connectivity index (χ1) is 10.7. The Kier molecular flexibility index (Phi) is 7.29. The van der Waals surface area contributed by atoms with Gasteiger partial charge in [0, 0.05) is 36.5 Å². The maximum absolute atomic E-state index is 12.8. The van der Waals surface area contributed by atoms with Crippen molar-refractivity contribution in [2.24, 2.45) is 11.1 Å². The second-order valence-corrected chi connectivity index (χ2v) is 7.86. The Hall–Kier alpha value is -0.620. The van der Waals surface area contributed by atoms with Crippen LogP contribution in [0.25, 0.3) is 0 Å². The topological polar surface area (TPSA) is 55.6 Å². The predicted molar refractivity (Wildman–Crippen MR) is 103 cm³/mol. The quantitative estimate of drug-likeness (QED) is 0.769. The molecule has 0 heterocycles. The molecular weight excluding hydrogens is 392 g/mol. The summed E-state index contributed by atoms with van der Waals surface area (Å²) in [5, 5.41) is 0. The fourth-order valence-corrected chi connectivity index (χ4v) is 3.45. The zero-order valence-corrected chi connectivity index (χ0v) is 17.2. The highest BCUT2D eigenvalue weighted by Crippen LogP contribution is 2.50. The van der Waals surface area contributed by atoms with Gasteiger partial charge in [0.2, 0.25) is 5.91 Å². The summed E-state index contributed by atoms with van der Waals surface area (Å²) < 4.78 is 6.76. The van der Waals surface area contributed by atoms with Gasteiger partial charge in [-0.05, 0) is 31.0 Å². The van der Waals surface area contributed by atoms with Crippen molar-refractivity contribution in [1.82, 2.24) is 4.90 Å². The van der Waals surface area contributed by atoms with Crippen LogP contribution in [0.3, 0.4) is 0 Å². The van der Waals surface area contributed by atoms with E-state index >= 15 is 0 Å². The van der Waals surface area contributed by atoms with Gasteiger partial charge in [0.15, 0.2) is 0 Å². The molecule has 136 valence electrons. The molecule has 1 fully saturated rings. The molecule has 0 spiro atoms. The van der Waals surface area contributed by atoms with E-state index in [-0.39, 0.29) is 29.8 Å².